The summed E-state index contributed by atoms with van der Waals surface area (Å²) in [4.78, 5) is 1.93. The lowest BCUT2D eigenvalue weighted by molar-refractivity contribution is 0.0210. The van der Waals surface area contributed by atoms with Crippen molar-refractivity contribution in [2.75, 3.05) is 13.2 Å². The van der Waals surface area contributed by atoms with Crippen molar-refractivity contribution in [1.29, 1.82) is 0 Å². The Balaban J connectivity index is 1.82. The fourth-order valence-corrected chi connectivity index (χ4v) is 2.93. The van der Waals surface area contributed by atoms with Crippen molar-refractivity contribution in [3.8, 4) is 0 Å². The number of nitrogens with zero attached hydrogens (tertiary/aromatic N) is 1. The van der Waals surface area contributed by atoms with Gasteiger partial charge in [0.05, 0.1) is 24.9 Å². The van der Waals surface area contributed by atoms with Gasteiger partial charge in [0.1, 0.15) is 0 Å². The van der Waals surface area contributed by atoms with E-state index in [4.69, 9.17) is 0 Å². The van der Waals surface area contributed by atoms with Crippen molar-refractivity contribution < 1.29 is 15.3 Å². The molecule has 2 unspecified atom stereocenters. The fourth-order valence-electron chi connectivity index (χ4n) is 2.93. The van der Waals surface area contributed by atoms with Crippen LogP contribution >= 0.6 is 0 Å². The molecule has 0 spiro atoms. The van der Waals surface area contributed by atoms with Crippen LogP contribution in [-0.2, 0) is 6.54 Å². The molecule has 20 heavy (non-hydrogen) atoms. The Bertz CT molecular complexity index is 601. The summed E-state index contributed by atoms with van der Waals surface area (Å²) in [7, 11) is 0. The molecule has 0 radical (unpaired) electrons. The van der Waals surface area contributed by atoms with Crippen LogP contribution in [0.2, 0.25) is 0 Å². The molecule has 1 saturated heterocycles. The van der Waals surface area contributed by atoms with Crippen molar-refractivity contribution in [1.82, 2.24) is 4.90 Å². The first-order valence-electron chi connectivity index (χ1n) is 6.88. The molecule has 0 aliphatic carbocycles. The number of fused-ring (bicyclic) bond motifs is 1. The molecule has 106 valence electrons. The monoisotopic (exact) mass is 273 g/mol. The number of benzene rings is 2. The van der Waals surface area contributed by atoms with Crippen LogP contribution in [0.4, 0.5) is 0 Å². The molecular weight excluding hydrogens is 254 g/mol. The fraction of sp³-hybridized carbons (Fsp3) is 0.375. The minimum absolute atomic E-state index is 0.147. The molecule has 0 saturated carbocycles. The largest absolute Gasteiger partial charge is 0.395 e. The zero-order valence-electron chi connectivity index (χ0n) is 11.2. The number of likely N-dealkylation sites (tertiary alicyclic amines) is 1. The molecule has 1 heterocycles. The Morgan fingerprint density at radius 1 is 1.05 bits per heavy atom. The predicted octanol–water partition coefficient (Wildman–Crippen LogP) is 0.738. The van der Waals surface area contributed by atoms with Crippen molar-refractivity contribution in [3.05, 3.63) is 48.0 Å². The SMILES string of the molecule is OCC1[C@@H](O)C(O)CN1Cc1ccc2ccccc2c1. The topological polar surface area (TPSA) is 63.9 Å². The summed E-state index contributed by atoms with van der Waals surface area (Å²) in [6, 6.07) is 14.0. The van der Waals surface area contributed by atoms with E-state index in [9.17, 15) is 15.3 Å². The lowest BCUT2D eigenvalue weighted by atomic mass is 10.1. The van der Waals surface area contributed by atoms with E-state index in [0.717, 1.165) is 5.56 Å². The Labute approximate surface area is 117 Å². The van der Waals surface area contributed by atoms with Gasteiger partial charge in [0.15, 0.2) is 0 Å². The van der Waals surface area contributed by atoms with Gasteiger partial charge < -0.3 is 15.3 Å². The molecule has 3 N–H and O–H groups in total. The lowest BCUT2D eigenvalue weighted by Crippen LogP contribution is -2.38. The normalized spacial score (nSPS) is 27.2. The molecule has 3 rings (SSSR count). The molecule has 0 bridgehead atoms. The third kappa shape index (κ3) is 2.43. The smallest absolute Gasteiger partial charge is 0.0988 e. The zero-order valence-corrected chi connectivity index (χ0v) is 11.2. The minimum atomic E-state index is -0.875. The van der Waals surface area contributed by atoms with Gasteiger partial charge in [0.2, 0.25) is 0 Å². The second kappa shape index (κ2) is 5.50. The van der Waals surface area contributed by atoms with Gasteiger partial charge in [0.25, 0.3) is 0 Å². The Morgan fingerprint density at radius 2 is 1.80 bits per heavy atom. The van der Waals surface area contributed by atoms with Crippen molar-refractivity contribution >= 4 is 10.8 Å². The first kappa shape index (κ1) is 13.5. The number of β-amino-alcohol motifs (C(OH)–C–C–N with tert-alkyl or cyclic N) is 1. The first-order valence-corrected chi connectivity index (χ1v) is 6.88. The third-order valence-corrected chi connectivity index (χ3v) is 4.07. The van der Waals surface area contributed by atoms with Crippen LogP contribution in [0.25, 0.3) is 10.8 Å². The molecule has 0 amide bonds. The second-order valence-electron chi connectivity index (χ2n) is 5.42. The van der Waals surface area contributed by atoms with Gasteiger partial charge in [-0.15, -0.1) is 0 Å². The lowest BCUT2D eigenvalue weighted by Gasteiger charge is -2.23. The molecule has 1 aliphatic heterocycles. The highest BCUT2D eigenvalue weighted by Crippen LogP contribution is 2.23. The maximum atomic E-state index is 9.83. The zero-order chi connectivity index (χ0) is 14.1. The molecule has 0 aromatic heterocycles. The third-order valence-electron chi connectivity index (χ3n) is 4.07. The molecular formula is C16H19NO3. The standard InChI is InChI=1S/C16H19NO3/c18-10-14-16(20)15(19)9-17(14)8-11-5-6-12-3-1-2-4-13(12)7-11/h1-7,14-16,18-20H,8-10H2/t14?,15?,16-/m1/s1. The van der Waals surface area contributed by atoms with E-state index in [0.29, 0.717) is 13.1 Å². The van der Waals surface area contributed by atoms with Gasteiger partial charge in [0, 0.05) is 13.1 Å². The average molecular weight is 273 g/mol. The Morgan fingerprint density at radius 3 is 2.55 bits per heavy atom. The van der Waals surface area contributed by atoms with Gasteiger partial charge in [-0.1, -0.05) is 36.4 Å². The van der Waals surface area contributed by atoms with E-state index < -0.39 is 18.2 Å². The summed E-state index contributed by atoms with van der Waals surface area (Å²) in [5, 5.41) is 31.3. The molecule has 3 atom stereocenters. The number of hydrogen-bond acceptors (Lipinski definition) is 4. The quantitative estimate of drug-likeness (QED) is 0.772. The highest BCUT2D eigenvalue weighted by atomic mass is 16.3. The molecule has 1 fully saturated rings. The van der Waals surface area contributed by atoms with Gasteiger partial charge in [-0.2, -0.15) is 0 Å². The van der Waals surface area contributed by atoms with E-state index in [1.54, 1.807) is 0 Å². The summed E-state index contributed by atoms with van der Waals surface area (Å²) in [6.07, 6.45) is -1.66. The van der Waals surface area contributed by atoms with Crippen LogP contribution in [0, 0.1) is 0 Å². The number of aliphatic hydroxyl groups is 3. The van der Waals surface area contributed by atoms with Gasteiger partial charge in [-0.05, 0) is 22.4 Å². The summed E-state index contributed by atoms with van der Waals surface area (Å²) in [5.74, 6) is 0. The molecule has 2 aromatic rings. The van der Waals surface area contributed by atoms with Gasteiger partial charge >= 0.3 is 0 Å². The van der Waals surface area contributed by atoms with E-state index in [1.807, 2.05) is 23.1 Å². The van der Waals surface area contributed by atoms with Crippen molar-refractivity contribution in [2.24, 2.45) is 0 Å². The highest BCUT2D eigenvalue weighted by Gasteiger charge is 2.39. The van der Waals surface area contributed by atoms with Crippen LogP contribution in [0.15, 0.2) is 42.5 Å². The number of aliphatic hydroxyl groups excluding tert-OH is 3. The van der Waals surface area contributed by atoms with E-state index in [1.165, 1.54) is 10.8 Å². The second-order valence-corrected chi connectivity index (χ2v) is 5.42. The number of hydrogen-bond donors (Lipinski definition) is 3. The maximum Gasteiger partial charge on any atom is 0.0988 e. The highest BCUT2D eigenvalue weighted by molar-refractivity contribution is 5.82. The minimum Gasteiger partial charge on any atom is -0.395 e. The predicted molar refractivity (Wildman–Crippen MR) is 77.2 cm³/mol. The molecule has 4 nitrogen and oxygen atoms in total. The Kier molecular flexibility index (Phi) is 3.72. The molecule has 1 aliphatic rings. The average Bonchev–Trinajstić information content (AvgIpc) is 2.73. The van der Waals surface area contributed by atoms with E-state index >= 15 is 0 Å². The van der Waals surface area contributed by atoms with Gasteiger partial charge in [-0.25, -0.2) is 0 Å². The van der Waals surface area contributed by atoms with Gasteiger partial charge in [-0.3, -0.25) is 4.90 Å². The first-order chi connectivity index (χ1) is 9.69. The summed E-state index contributed by atoms with van der Waals surface area (Å²) in [6.45, 7) is 0.856. The van der Waals surface area contributed by atoms with E-state index in [-0.39, 0.29) is 6.61 Å². The van der Waals surface area contributed by atoms with Crippen LogP contribution in [0.1, 0.15) is 5.56 Å². The molecule has 2 aromatic carbocycles. The van der Waals surface area contributed by atoms with Crippen LogP contribution in [-0.4, -0.2) is 51.6 Å². The Hall–Kier alpha value is -1.46. The molecule has 4 heteroatoms. The van der Waals surface area contributed by atoms with Crippen LogP contribution in [0.3, 0.4) is 0 Å². The maximum absolute atomic E-state index is 9.83. The van der Waals surface area contributed by atoms with Crippen LogP contribution < -0.4 is 0 Å². The van der Waals surface area contributed by atoms with Crippen molar-refractivity contribution in [2.45, 2.75) is 24.8 Å². The summed E-state index contributed by atoms with van der Waals surface area (Å²) < 4.78 is 0. The van der Waals surface area contributed by atoms with E-state index in [2.05, 4.69) is 24.3 Å². The van der Waals surface area contributed by atoms with Crippen LogP contribution in [0.5, 0.6) is 0 Å². The summed E-state index contributed by atoms with van der Waals surface area (Å²) in [5.41, 5.74) is 1.11. The number of rotatable bonds is 3. The summed E-state index contributed by atoms with van der Waals surface area (Å²) >= 11 is 0. The van der Waals surface area contributed by atoms with Crippen molar-refractivity contribution in [3.63, 3.8) is 0 Å².